The number of carbonyl (C=O) groups is 1. The highest BCUT2D eigenvalue weighted by molar-refractivity contribution is 5.84. The predicted molar refractivity (Wildman–Crippen MR) is 76.1 cm³/mol. The number of primary amides is 1. The van der Waals surface area contributed by atoms with Gasteiger partial charge in [0.1, 0.15) is 0 Å². The molecule has 6 heteroatoms. The van der Waals surface area contributed by atoms with Crippen molar-refractivity contribution in [3.8, 4) is 0 Å². The van der Waals surface area contributed by atoms with Crippen LogP contribution in [0.25, 0.3) is 0 Å². The second-order valence-electron chi connectivity index (χ2n) is 4.80. The Hall–Kier alpha value is -0.690. The molecule has 0 radical (unpaired) electrons. The van der Waals surface area contributed by atoms with E-state index in [-0.39, 0.29) is 5.91 Å². The number of rotatable bonds is 12. The fourth-order valence-corrected chi connectivity index (χ4v) is 1.85. The van der Waals surface area contributed by atoms with Crippen LogP contribution in [-0.4, -0.2) is 70.0 Å². The minimum absolute atomic E-state index is 0.312. The molecule has 0 rings (SSSR count). The predicted octanol–water partition coefficient (Wildman–Crippen LogP) is -0.175. The number of ether oxygens (including phenoxy) is 2. The molecule has 114 valence electrons. The van der Waals surface area contributed by atoms with Crippen molar-refractivity contribution in [3.63, 3.8) is 0 Å². The van der Waals surface area contributed by atoms with Crippen LogP contribution in [-0.2, 0) is 14.3 Å². The number of likely N-dealkylation sites (N-methyl/N-ethyl adjacent to an activating group) is 1. The van der Waals surface area contributed by atoms with Crippen molar-refractivity contribution in [2.75, 3.05) is 53.6 Å². The minimum Gasteiger partial charge on any atom is -0.383 e. The lowest BCUT2D eigenvalue weighted by atomic mass is 9.96. The number of hydrogen-bond donors (Lipinski definition) is 2. The van der Waals surface area contributed by atoms with Crippen LogP contribution in [0.5, 0.6) is 0 Å². The number of nitrogens with two attached hydrogens (primary N) is 1. The van der Waals surface area contributed by atoms with Crippen molar-refractivity contribution in [1.82, 2.24) is 10.2 Å². The van der Waals surface area contributed by atoms with Crippen molar-refractivity contribution < 1.29 is 14.3 Å². The summed E-state index contributed by atoms with van der Waals surface area (Å²) >= 11 is 0. The van der Waals surface area contributed by atoms with Gasteiger partial charge < -0.3 is 20.5 Å². The number of hydrogen-bond acceptors (Lipinski definition) is 5. The first kappa shape index (κ1) is 18.3. The summed E-state index contributed by atoms with van der Waals surface area (Å²) in [6, 6.07) is 0. The summed E-state index contributed by atoms with van der Waals surface area (Å²) in [6.45, 7) is 8.28. The Morgan fingerprint density at radius 1 is 1.21 bits per heavy atom. The summed E-state index contributed by atoms with van der Waals surface area (Å²) in [5.74, 6) is -0.312. The van der Waals surface area contributed by atoms with Crippen molar-refractivity contribution in [2.24, 2.45) is 5.73 Å². The minimum atomic E-state index is -0.660. The average molecular weight is 275 g/mol. The van der Waals surface area contributed by atoms with Crippen molar-refractivity contribution in [1.29, 1.82) is 0 Å². The molecule has 1 amide bonds. The van der Waals surface area contributed by atoms with Crippen LogP contribution in [0.3, 0.4) is 0 Å². The van der Waals surface area contributed by atoms with Crippen LogP contribution >= 0.6 is 0 Å². The second-order valence-corrected chi connectivity index (χ2v) is 4.80. The summed E-state index contributed by atoms with van der Waals surface area (Å²) in [4.78, 5) is 13.8. The van der Waals surface area contributed by atoms with E-state index in [0.717, 1.165) is 26.2 Å². The molecule has 0 heterocycles. The topological polar surface area (TPSA) is 76.8 Å². The molecule has 0 aromatic heterocycles. The van der Waals surface area contributed by atoms with E-state index in [4.69, 9.17) is 15.2 Å². The average Bonchev–Trinajstić information content (AvgIpc) is 2.38. The quantitative estimate of drug-likeness (QED) is 0.517. The highest BCUT2D eigenvalue weighted by Crippen LogP contribution is 2.10. The Kier molecular flexibility index (Phi) is 9.77. The third kappa shape index (κ3) is 7.47. The van der Waals surface area contributed by atoms with Crippen LogP contribution in [0.15, 0.2) is 0 Å². The molecule has 3 N–H and O–H groups in total. The van der Waals surface area contributed by atoms with Gasteiger partial charge in [0.25, 0.3) is 0 Å². The van der Waals surface area contributed by atoms with Gasteiger partial charge in [-0.1, -0.05) is 6.92 Å². The monoisotopic (exact) mass is 275 g/mol. The van der Waals surface area contributed by atoms with E-state index >= 15 is 0 Å². The Morgan fingerprint density at radius 3 is 2.11 bits per heavy atom. The third-order valence-electron chi connectivity index (χ3n) is 3.26. The largest absolute Gasteiger partial charge is 0.383 e. The highest BCUT2D eigenvalue weighted by atomic mass is 16.5. The summed E-state index contributed by atoms with van der Waals surface area (Å²) in [5.41, 5.74) is 4.81. The van der Waals surface area contributed by atoms with Gasteiger partial charge in [0, 0.05) is 33.9 Å². The van der Waals surface area contributed by atoms with Crippen LogP contribution < -0.4 is 11.1 Å². The molecule has 0 bridgehead atoms. The van der Waals surface area contributed by atoms with Crippen LogP contribution in [0.2, 0.25) is 0 Å². The maximum Gasteiger partial charge on any atom is 0.237 e. The molecular weight excluding hydrogens is 246 g/mol. The molecule has 0 aromatic rings. The zero-order valence-corrected chi connectivity index (χ0v) is 12.7. The molecule has 19 heavy (non-hydrogen) atoms. The molecule has 0 aromatic carbocycles. The second kappa shape index (κ2) is 10.1. The third-order valence-corrected chi connectivity index (χ3v) is 3.26. The lowest BCUT2D eigenvalue weighted by molar-refractivity contribution is -0.124. The van der Waals surface area contributed by atoms with E-state index in [9.17, 15) is 4.79 Å². The molecule has 6 nitrogen and oxygen atoms in total. The fraction of sp³-hybridized carbons (Fsp3) is 0.923. The van der Waals surface area contributed by atoms with Gasteiger partial charge in [-0.2, -0.15) is 0 Å². The molecule has 0 aliphatic carbocycles. The van der Waals surface area contributed by atoms with Gasteiger partial charge in [-0.15, -0.1) is 0 Å². The van der Waals surface area contributed by atoms with Gasteiger partial charge >= 0.3 is 0 Å². The maximum atomic E-state index is 11.5. The van der Waals surface area contributed by atoms with E-state index in [1.165, 1.54) is 0 Å². The van der Waals surface area contributed by atoms with Gasteiger partial charge in [-0.05, 0) is 19.9 Å². The van der Waals surface area contributed by atoms with Crippen LogP contribution in [0.4, 0.5) is 0 Å². The molecule has 0 saturated carbocycles. The highest BCUT2D eigenvalue weighted by Gasteiger charge is 2.29. The van der Waals surface area contributed by atoms with Crippen molar-refractivity contribution in [2.45, 2.75) is 25.8 Å². The normalized spacial score (nSPS) is 14.6. The van der Waals surface area contributed by atoms with E-state index in [1.807, 2.05) is 13.8 Å². The first-order chi connectivity index (χ1) is 9.00. The number of methoxy groups -OCH3 is 2. The molecule has 1 unspecified atom stereocenters. The number of carbonyl (C=O) groups excluding carboxylic acids is 1. The summed E-state index contributed by atoms with van der Waals surface area (Å²) in [5, 5.41) is 3.16. The molecule has 0 fully saturated rings. The van der Waals surface area contributed by atoms with E-state index in [1.54, 1.807) is 14.2 Å². The van der Waals surface area contributed by atoms with E-state index < -0.39 is 5.54 Å². The molecule has 0 aliphatic rings. The first-order valence-electron chi connectivity index (χ1n) is 6.75. The summed E-state index contributed by atoms with van der Waals surface area (Å²) in [6.07, 6.45) is 0.670. The van der Waals surface area contributed by atoms with E-state index in [0.29, 0.717) is 19.6 Å². The molecule has 0 aliphatic heterocycles. The number of nitrogens with one attached hydrogen (secondary N) is 1. The standard InChI is InChI=1S/C13H29N3O3/c1-5-15-13(2,12(14)17)6-7-16(8-10-18-3)9-11-19-4/h15H,5-11H2,1-4H3,(H2,14,17). The van der Waals surface area contributed by atoms with Crippen LogP contribution in [0.1, 0.15) is 20.3 Å². The molecule has 0 saturated heterocycles. The summed E-state index contributed by atoms with van der Waals surface area (Å²) in [7, 11) is 3.36. The Labute approximate surface area is 116 Å². The Morgan fingerprint density at radius 2 is 1.74 bits per heavy atom. The number of amides is 1. The smallest absolute Gasteiger partial charge is 0.237 e. The van der Waals surface area contributed by atoms with Gasteiger partial charge in [0.05, 0.1) is 18.8 Å². The lowest BCUT2D eigenvalue weighted by Crippen LogP contribution is -2.54. The Balaban J connectivity index is 4.35. The zero-order chi connectivity index (χ0) is 14.7. The lowest BCUT2D eigenvalue weighted by Gasteiger charge is -2.30. The molecule has 1 atom stereocenters. The Bertz CT molecular complexity index is 243. The van der Waals surface area contributed by atoms with Crippen molar-refractivity contribution >= 4 is 5.91 Å². The van der Waals surface area contributed by atoms with Gasteiger partial charge in [0.15, 0.2) is 0 Å². The SMILES string of the molecule is CCNC(C)(CCN(CCOC)CCOC)C(N)=O. The van der Waals surface area contributed by atoms with Gasteiger partial charge in [0.2, 0.25) is 5.91 Å². The van der Waals surface area contributed by atoms with Gasteiger partial charge in [-0.3, -0.25) is 9.69 Å². The van der Waals surface area contributed by atoms with Gasteiger partial charge in [-0.25, -0.2) is 0 Å². The zero-order valence-electron chi connectivity index (χ0n) is 12.7. The summed E-state index contributed by atoms with van der Waals surface area (Å²) < 4.78 is 10.2. The van der Waals surface area contributed by atoms with Crippen LogP contribution in [0, 0.1) is 0 Å². The first-order valence-corrected chi connectivity index (χ1v) is 6.75. The maximum absolute atomic E-state index is 11.5. The van der Waals surface area contributed by atoms with E-state index in [2.05, 4.69) is 10.2 Å². The fourth-order valence-electron chi connectivity index (χ4n) is 1.85. The van der Waals surface area contributed by atoms with Crippen molar-refractivity contribution in [3.05, 3.63) is 0 Å². The molecule has 0 spiro atoms. The molecular formula is C13H29N3O3. The number of nitrogens with zero attached hydrogens (tertiary/aromatic N) is 1.